The molecular formula is C26H22N4O3S. The molecule has 0 amide bonds. The van der Waals surface area contributed by atoms with E-state index in [1.54, 1.807) is 10.8 Å². The summed E-state index contributed by atoms with van der Waals surface area (Å²) in [4.78, 5) is 22.6. The second-order valence-electron chi connectivity index (χ2n) is 8.45. The molecule has 0 saturated carbocycles. The zero-order valence-corrected chi connectivity index (χ0v) is 19.7. The molecule has 8 heteroatoms. The lowest BCUT2D eigenvalue weighted by Crippen LogP contribution is -1.99. The quantitative estimate of drug-likeness (QED) is 0.330. The first-order valence-corrected chi connectivity index (χ1v) is 12.0. The smallest absolute Gasteiger partial charge is 0.348 e. The summed E-state index contributed by atoms with van der Waals surface area (Å²) in [5, 5.41) is 5.43. The molecule has 6 rings (SSSR count). The third-order valence-electron chi connectivity index (χ3n) is 6.33. The van der Waals surface area contributed by atoms with Crippen molar-refractivity contribution in [2.45, 2.75) is 32.8 Å². The summed E-state index contributed by atoms with van der Waals surface area (Å²) in [6, 6.07) is 14.5. The Morgan fingerprint density at radius 3 is 2.76 bits per heavy atom. The molecule has 3 heterocycles. The Hall–Kier alpha value is -3.78. The largest absolute Gasteiger partial charge is 0.489 e. The first-order chi connectivity index (χ1) is 16.6. The van der Waals surface area contributed by atoms with E-state index in [0.717, 1.165) is 39.1 Å². The number of aryl methyl sites for hydroxylation is 3. The maximum Gasteiger partial charge on any atom is 0.348 e. The molecule has 0 N–H and O–H groups in total. The number of esters is 1. The molecule has 0 radical (unpaired) electrons. The lowest BCUT2D eigenvalue weighted by Gasteiger charge is -2.08. The molecule has 0 bridgehead atoms. The van der Waals surface area contributed by atoms with Crippen molar-refractivity contribution in [1.29, 1.82) is 0 Å². The van der Waals surface area contributed by atoms with Crippen LogP contribution >= 0.6 is 11.3 Å². The number of hydrogen-bond donors (Lipinski definition) is 0. The van der Waals surface area contributed by atoms with Crippen molar-refractivity contribution in [2.75, 3.05) is 7.11 Å². The van der Waals surface area contributed by atoms with Gasteiger partial charge in [0.15, 0.2) is 11.5 Å². The van der Waals surface area contributed by atoms with Gasteiger partial charge in [0.25, 0.3) is 0 Å². The van der Waals surface area contributed by atoms with E-state index in [1.807, 2.05) is 31.2 Å². The van der Waals surface area contributed by atoms with Gasteiger partial charge in [-0.2, -0.15) is 0 Å². The van der Waals surface area contributed by atoms with Crippen LogP contribution in [-0.2, 0) is 24.2 Å². The van der Waals surface area contributed by atoms with E-state index in [1.165, 1.54) is 42.4 Å². The van der Waals surface area contributed by atoms with Crippen LogP contribution in [0.15, 0.2) is 48.8 Å². The van der Waals surface area contributed by atoms with Crippen LogP contribution in [0.1, 0.15) is 38.3 Å². The fourth-order valence-electron chi connectivity index (χ4n) is 4.50. The van der Waals surface area contributed by atoms with Gasteiger partial charge in [-0.3, -0.25) is 0 Å². The summed E-state index contributed by atoms with van der Waals surface area (Å²) in [6.07, 6.45) is 5.18. The molecule has 5 aromatic rings. The summed E-state index contributed by atoms with van der Waals surface area (Å²) >= 11 is 1.31. The Labute approximate surface area is 200 Å². The van der Waals surface area contributed by atoms with Gasteiger partial charge < -0.3 is 9.47 Å². The highest BCUT2D eigenvalue weighted by Gasteiger charge is 2.21. The molecule has 1 aliphatic carbocycles. The van der Waals surface area contributed by atoms with Crippen LogP contribution in [-0.4, -0.2) is 32.7 Å². The monoisotopic (exact) mass is 470 g/mol. The number of thiophene rings is 1. The molecule has 0 spiro atoms. The molecule has 170 valence electrons. The minimum Gasteiger partial charge on any atom is -0.489 e. The van der Waals surface area contributed by atoms with E-state index in [-0.39, 0.29) is 5.97 Å². The first kappa shape index (κ1) is 20.8. The minimum absolute atomic E-state index is 0.365. The van der Waals surface area contributed by atoms with E-state index in [4.69, 9.17) is 14.5 Å². The first-order valence-electron chi connectivity index (χ1n) is 11.2. The van der Waals surface area contributed by atoms with Crippen LogP contribution in [0.2, 0.25) is 0 Å². The summed E-state index contributed by atoms with van der Waals surface area (Å²) < 4.78 is 12.6. The maximum atomic E-state index is 12.1. The van der Waals surface area contributed by atoms with Gasteiger partial charge in [-0.15, -0.1) is 16.4 Å². The molecule has 0 unspecified atom stereocenters. The molecule has 3 aromatic heterocycles. The van der Waals surface area contributed by atoms with Crippen LogP contribution < -0.4 is 4.74 Å². The highest BCUT2D eigenvalue weighted by molar-refractivity contribution is 7.20. The summed E-state index contributed by atoms with van der Waals surface area (Å²) in [5.41, 5.74) is 6.32. The second-order valence-corrected chi connectivity index (χ2v) is 9.44. The number of fused-ring (bicyclic) bond motifs is 4. The third-order valence-corrected chi connectivity index (χ3v) is 7.51. The molecule has 34 heavy (non-hydrogen) atoms. The number of hydrogen-bond acceptors (Lipinski definition) is 7. The van der Waals surface area contributed by atoms with Crippen LogP contribution in [0.5, 0.6) is 5.75 Å². The van der Waals surface area contributed by atoms with Gasteiger partial charge in [0.1, 0.15) is 28.4 Å². The number of methoxy groups -OCH3 is 1. The van der Waals surface area contributed by atoms with Gasteiger partial charge in [0.2, 0.25) is 0 Å². The fourth-order valence-corrected chi connectivity index (χ4v) is 5.56. The van der Waals surface area contributed by atoms with Crippen molar-refractivity contribution >= 4 is 33.2 Å². The van der Waals surface area contributed by atoms with Crippen molar-refractivity contribution in [3.63, 3.8) is 0 Å². The zero-order valence-electron chi connectivity index (χ0n) is 18.9. The van der Waals surface area contributed by atoms with Gasteiger partial charge in [-0.1, -0.05) is 30.3 Å². The van der Waals surface area contributed by atoms with Gasteiger partial charge in [-0.25, -0.2) is 19.3 Å². The number of carbonyl (C=O) groups excluding carboxylic acids is 1. The Kier molecular flexibility index (Phi) is 5.03. The SMILES string of the molecule is COC(=O)c1sc2ncn3nc(-c4ccc(COc5ccc6c(c5)CCC6)cc4)nc3c2c1C. The van der Waals surface area contributed by atoms with Crippen molar-refractivity contribution < 1.29 is 14.3 Å². The summed E-state index contributed by atoms with van der Waals surface area (Å²) in [7, 11) is 1.38. The third kappa shape index (κ3) is 3.51. The number of rotatable bonds is 5. The molecule has 0 aliphatic heterocycles. The van der Waals surface area contributed by atoms with Gasteiger partial charge in [-0.05, 0) is 60.6 Å². The minimum atomic E-state index is -0.365. The summed E-state index contributed by atoms with van der Waals surface area (Å²) in [5.74, 6) is 1.16. The Bertz CT molecular complexity index is 1550. The predicted molar refractivity (Wildman–Crippen MR) is 130 cm³/mol. The number of aromatic nitrogens is 4. The topological polar surface area (TPSA) is 78.6 Å². The van der Waals surface area contributed by atoms with Crippen molar-refractivity contribution in [1.82, 2.24) is 19.6 Å². The Balaban J connectivity index is 1.25. The lowest BCUT2D eigenvalue weighted by atomic mass is 10.1. The molecule has 0 fully saturated rings. The van der Waals surface area contributed by atoms with E-state index in [2.05, 4.69) is 28.3 Å². The number of benzene rings is 2. The van der Waals surface area contributed by atoms with Crippen molar-refractivity contribution in [2.24, 2.45) is 0 Å². The average molecular weight is 471 g/mol. The molecule has 7 nitrogen and oxygen atoms in total. The standard InChI is InChI=1S/C26H22N4O3S/c1-15-21-24-28-23(29-30(24)14-27-25(21)34-22(15)26(31)32-2)18-8-6-16(7-9-18)13-33-20-11-10-17-4-3-5-19(17)12-20/h6-12,14H,3-5,13H2,1-2H3. The van der Waals surface area contributed by atoms with E-state index < -0.39 is 0 Å². The highest BCUT2D eigenvalue weighted by Crippen LogP contribution is 2.33. The Morgan fingerprint density at radius 1 is 1.12 bits per heavy atom. The maximum absolute atomic E-state index is 12.1. The van der Waals surface area contributed by atoms with Gasteiger partial charge >= 0.3 is 5.97 Å². The van der Waals surface area contributed by atoms with Crippen LogP contribution in [0.3, 0.4) is 0 Å². The summed E-state index contributed by atoms with van der Waals surface area (Å²) in [6.45, 7) is 2.39. The average Bonchev–Trinajstić information content (AvgIpc) is 3.59. The van der Waals surface area contributed by atoms with Crippen LogP contribution in [0.25, 0.3) is 27.3 Å². The normalized spacial score (nSPS) is 12.9. The van der Waals surface area contributed by atoms with Gasteiger partial charge in [0.05, 0.1) is 12.5 Å². The zero-order chi connectivity index (χ0) is 23.2. The lowest BCUT2D eigenvalue weighted by molar-refractivity contribution is 0.0605. The fraction of sp³-hybridized carbons (Fsp3) is 0.231. The highest BCUT2D eigenvalue weighted by atomic mass is 32.1. The van der Waals surface area contributed by atoms with E-state index >= 15 is 0 Å². The number of ether oxygens (including phenoxy) is 2. The molecular weight excluding hydrogens is 448 g/mol. The van der Waals surface area contributed by atoms with Crippen LogP contribution in [0, 0.1) is 6.92 Å². The molecule has 2 aromatic carbocycles. The van der Waals surface area contributed by atoms with Crippen molar-refractivity contribution in [3.05, 3.63) is 75.9 Å². The van der Waals surface area contributed by atoms with E-state index in [9.17, 15) is 4.79 Å². The molecule has 0 atom stereocenters. The predicted octanol–water partition coefficient (Wildman–Crippen LogP) is 5.17. The van der Waals surface area contributed by atoms with Gasteiger partial charge in [0, 0.05) is 5.56 Å². The Morgan fingerprint density at radius 2 is 1.94 bits per heavy atom. The number of nitrogens with zero attached hydrogens (tertiary/aromatic N) is 4. The molecule has 0 saturated heterocycles. The van der Waals surface area contributed by atoms with E-state index in [0.29, 0.717) is 23.0 Å². The molecule has 1 aliphatic rings. The number of carbonyl (C=O) groups is 1. The van der Waals surface area contributed by atoms with Crippen LogP contribution in [0.4, 0.5) is 0 Å². The van der Waals surface area contributed by atoms with Crippen molar-refractivity contribution in [3.8, 4) is 17.1 Å². The second kappa shape index (κ2) is 8.22.